The molecule has 2 aliphatic rings. The lowest BCUT2D eigenvalue weighted by Crippen LogP contribution is -2.47. The molecule has 2 amide bonds. The van der Waals surface area contributed by atoms with Crippen molar-refractivity contribution in [1.29, 1.82) is 0 Å². The van der Waals surface area contributed by atoms with E-state index >= 15 is 0 Å². The number of H-pyrrole nitrogens is 1. The lowest BCUT2D eigenvalue weighted by molar-refractivity contribution is -0.149. The number of nitrogens with zero attached hydrogens (tertiary/aromatic N) is 1. The van der Waals surface area contributed by atoms with E-state index in [0.29, 0.717) is 25.6 Å². The Morgan fingerprint density at radius 3 is 2.57 bits per heavy atom. The van der Waals surface area contributed by atoms with Crippen molar-refractivity contribution in [2.75, 3.05) is 19.7 Å². The number of halogens is 1. The van der Waals surface area contributed by atoms with E-state index in [1.165, 1.54) is 23.1 Å². The van der Waals surface area contributed by atoms with E-state index in [0.717, 1.165) is 48.9 Å². The number of aromatic nitrogens is 1. The van der Waals surface area contributed by atoms with Crippen molar-refractivity contribution in [3.05, 3.63) is 71.2 Å². The van der Waals surface area contributed by atoms with Crippen LogP contribution >= 0.6 is 0 Å². The third kappa shape index (κ3) is 4.77. The number of carbonyl (C=O) groups excluding carboxylic acids is 2. The molecule has 0 unspecified atom stereocenters. The highest BCUT2D eigenvalue weighted by Gasteiger charge is 2.35. The molecule has 1 aliphatic carbocycles. The predicted octanol–water partition coefficient (Wildman–Crippen LogP) is 5.33. The van der Waals surface area contributed by atoms with E-state index in [1.54, 1.807) is 12.1 Å². The highest BCUT2D eigenvalue weighted by Crippen LogP contribution is 2.38. The highest BCUT2D eigenvalue weighted by molar-refractivity contribution is 5.86. The number of benzene rings is 2. The summed E-state index contributed by atoms with van der Waals surface area (Å²) < 4.78 is 18.9. The topological polar surface area (TPSA) is 74.4 Å². The first kappa shape index (κ1) is 23.4. The number of ether oxygens (including phenoxy) is 1. The molecule has 1 atom stereocenters. The first-order valence-electron chi connectivity index (χ1n) is 12.6. The number of rotatable bonds is 5. The Kier molecular flexibility index (Phi) is 6.75. The molecule has 5 rings (SSSR count). The zero-order valence-corrected chi connectivity index (χ0v) is 20.1. The summed E-state index contributed by atoms with van der Waals surface area (Å²) in [6.07, 6.45) is 4.17. The molecule has 1 aliphatic heterocycles. The van der Waals surface area contributed by atoms with Crippen LogP contribution in [0.5, 0.6) is 0 Å². The molecule has 184 valence electrons. The number of aromatic amines is 1. The molecule has 0 saturated heterocycles. The number of urea groups is 1. The molecule has 2 N–H and O–H groups in total. The Balaban J connectivity index is 1.31. The average Bonchev–Trinajstić information content (AvgIpc) is 3.26. The van der Waals surface area contributed by atoms with Crippen LogP contribution in [-0.4, -0.2) is 41.6 Å². The van der Waals surface area contributed by atoms with Gasteiger partial charge in [-0.3, -0.25) is 4.79 Å². The summed E-state index contributed by atoms with van der Waals surface area (Å²) >= 11 is 0. The van der Waals surface area contributed by atoms with Gasteiger partial charge < -0.3 is 19.9 Å². The second kappa shape index (κ2) is 10.1. The Hall–Kier alpha value is -3.35. The van der Waals surface area contributed by atoms with Gasteiger partial charge in [0.25, 0.3) is 0 Å². The Morgan fingerprint density at radius 1 is 1.09 bits per heavy atom. The van der Waals surface area contributed by atoms with Crippen LogP contribution in [0.3, 0.4) is 0 Å². The molecule has 1 aromatic heterocycles. The maximum Gasteiger partial charge on any atom is 0.318 e. The number of hydrogen-bond donors (Lipinski definition) is 2. The fourth-order valence-corrected chi connectivity index (χ4v) is 5.65. The van der Waals surface area contributed by atoms with Crippen LogP contribution in [0.15, 0.2) is 48.5 Å². The molecule has 6 nitrogen and oxygen atoms in total. The van der Waals surface area contributed by atoms with Crippen LogP contribution in [0.2, 0.25) is 0 Å². The first-order valence-corrected chi connectivity index (χ1v) is 12.6. The van der Waals surface area contributed by atoms with Gasteiger partial charge in [0.15, 0.2) is 0 Å². The van der Waals surface area contributed by atoms with Crippen LogP contribution < -0.4 is 5.32 Å². The molecule has 35 heavy (non-hydrogen) atoms. The van der Waals surface area contributed by atoms with Gasteiger partial charge in [0.2, 0.25) is 0 Å². The zero-order valence-electron chi connectivity index (χ0n) is 20.1. The maximum absolute atomic E-state index is 13.7. The fourth-order valence-electron chi connectivity index (χ4n) is 5.65. The summed E-state index contributed by atoms with van der Waals surface area (Å²) in [7, 11) is 0. The smallest absolute Gasteiger partial charge is 0.318 e. The molecule has 0 bridgehead atoms. The van der Waals surface area contributed by atoms with Gasteiger partial charge in [-0.25, -0.2) is 9.18 Å². The molecule has 2 aromatic carbocycles. The maximum atomic E-state index is 13.7. The van der Waals surface area contributed by atoms with Crippen molar-refractivity contribution in [1.82, 2.24) is 15.2 Å². The Bertz CT molecular complexity index is 1200. The van der Waals surface area contributed by atoms with E-state index in [1.807, 2.05) is 30.0 Å². The van der Waals surface area contributed by atoms with Crippen molar-refractivity contribution in [2.24, 2.45) is 11.8 Å². The highest BCUT2D eigenvalue weighted by atomic mass is 19.1. The first-order chi connectivity index (χ1) is 17.0. The van der Waals surface area contributed by atoms with Crippen LogP contribution in [0, 0.1) is 17.7 Å². The van der Waals surface area contributed by atoms with Gasteiger partial charge in [-0.1, -0.05) is 30.3 Å². The SMILES string of the molecule is CCOC(=O)C1CCC(CNC(=O)N2CCc3c([nH]c4ccccc34)[C@@H]2c2ccc(F)cc2)CC1. The van der Waals surface area contributed by atoms with Gasteiger partial charge in [-0.2, -0.15) is 0 Å². The summed E-state index contributed by atoms with van der Waals surface area (Å²) in [5, 5.41) is 4.32. The molecule has 2 heterocycles. The third-order valence-corrected chi connectivity index (χ3v) is 7.49. The van der Waals surface area contributed by atoms with Gasteiger partial charge in [-0.15, -0.1) is 0 Å². The lowest BCUT2D eigenvalue weighted by Gasteiger charge is -2.37. The van der Waals surface area contributed by atoms with Crippen LogP contribution in [0.4, 0.5) is 9.18 Å². The quantitative estimate of drug-likeness (QED) is 0.488. The predicted molar refractivity (Wildman–Crippen MR) is 132 cm³/mol. The monoisotopic (exact) mass is 477 g/mol. The molecule has 3 aromatic rings. The summed E-state index contributed by atoms with van der Waals surface area (Å²) in [6, 6.07) is 14.2. The minimum atomic E-state index is -0.314. The van der Waals surface area contributed by atoms with Gasteiger partial charge in [0.05, 0.1) is 18.6 Å². The average molecular weight is 478 g/mol. The second-order valence-electron chi connectivity index (χ2n) is 9.62. The van der Waals surface area contributed by atoms with Crippen molar-refractivity contribution >= 4 is 22.9 Å². The minimum Gasteiger partial charge on any atom is -0.466 e. The number of amides is 2. The standard InChI is InChI=1S/C28H32FN3O3/c1-2-35-27(33)20-9-7-18(8-10-20)17-30-28(34)32-16-15-23-22-5-3-4-6-24(22)31-25(23)26(32)19-11-13-21(29)14-12-19/h3-6,11-14,18,20,26,31H,2,7-10,15-17H2,1H3,(H,30,34)/t18?,20?,26-/m0/s1. The number of fused-ring (bicyclic) bond motifs is 3. The molecule has 0 spiro atoms. The summed E-state index contributed by atoms with van der Waals surface area (Å²) in [6.45, 7) is 3.41. The van der Waals surface area contributed by atoms with Crippen molar-refractivity contribution < 1.29 is 18.7 Å². The number of para-hydroxylation sites is 1. The molecular formula is C28H32FN3O3. The van der Waals surface area contributed by atoms with Crippen LogP contribution in [0.1, 0.15) is 55.5 Å². The molecule has 1 fully saturated rings. The molecule has 0 radical (unpaired) electrons. The van der Waals surface area contributed by atoms with E-state index in [-0.39, 0.29) is 29.8 Å². The van der Waals surface area contributed by atoms with Crippen molar-refractivity contribution in [2.45, 2.75) is 45.1 Å². The number of hydrogen-bond acceptors (Lipinski definition) is 3. The summed E-state index contributed by atoms with van der Waals surface area (Å²) in [5.41, 5.74) is 4.14. The van der Waals surface area contributed by atoms with Gasteiger partial charge in [0, 0.05) is 29.7 Å². The van der Waals surface area contributed by atoms with Crippen LogP contribution in [-0.2, 0) is 16.0 Å². The Labute approximate surface area is 204 Å². The van der Waals surface area contributed by atoms with Crippen LogP contribution in [0.25, 0.3) is 10.9 Å². The summed E-state index contributed by atoms with van der Waals surface area (Å²) in [4.78, 5) is 30.8. The molecule has 7 heteroatoms. The lowest BCUT2D eigenvalue weighted by atomic mass is 9.82. The number of esters is 1. The summed E-state index contributed by atoms with van der Waals surface area (Å²) in [5.74, 6) is -0.0648. The van der Waals surface area contributed by atoms with Crippen molar-refractivity contribution in [3.63, 3.8) is 0 Å². The normalized spacial score (nSPS) is 22.0. The van der Waals surface area contributed by atoms with Crippen molar-refractivity contribution in [3.8, 4) is 0 Å². The largest absolute Gasteiger partial charge is 0.466 e. The third-order valence-electron chi connectivity index (χ3n) is 7.49. The van der Waals surface area contributed by atoms with E-state index in [2.05, 4.69) is 16.4 Å². The van der Waals surface area contributed by atoms with Gasteiger partial charge in [0.1, 0.15) is 5.82 Å². The van der Waals surface area contributed by atoms with E-state index in [9.17, 15) is 14.0 Å². The minimum absolute atomic E-state index is 0.0210. The second-order valence-corrected chi connectivity index (χ2v) is 9.62. The van der Waals surface area contributed by atoms with E-state index in [4.69, 9.17) is 4.74 Å². The fraction of sp³-hybridized carbons (Fsp3) is 0.429. The number of carbonyl (C=O) groups is 2. The molecule has 1 saturated carbocycles. The zero-order chi connectivity index (χ0) is 24.4. The Morgan fingerprint density at radius 2 is 1.83 bits per heavy atom. The molecular weight excluding hydrogens is 445 g/mol. The van der Waals surface area contributed by atoms with Gasteiger partial charge >= 0.3 is 12.0 Å². The van der Waals surface area contributed by atoms with Gasteiger partial charge in [-0.05, 0) is 74.3 Å². The number of nitrogens with one attached hydrogen (secondary N) is 2. The van der Waals surface area contributed by atoms with E-state index < -0.39 is 0 Å².